The first-order valence-electron chi connectivity index (χ1n) is 4.35. The third-order valence-corrected chi connectivity index (χ3v) is 2.34. The molecule has 1 aromatic rings. The van der Waals surface area contributed by atoms with Gasteiger partial charge in [0.1, 0.15) is 0 Å². The van der Waals surface area contributed by atoms with E-state index in [4.69, 9.17) is 5.73 Å². The zero-order valence-corrected chi connectivity index (χ0v) is 6.98. The van der Waals surface area contributed by atoms with E-state index in [1.54, 1.807) is 0 Å². The summed E-state index contributed by atoms with van der Waals surface area (Å²) in [4.78, 5) is 0. The van der Waals surface area contributed by atoms with Crippen molar-refractivity contribution >= 4 is 0 Å². The second-order valence-electron chi connectivity index (χ2n) is 3.30. The van der Waals surface area contributed by atoms with Gasteiger partial charge in [0.15, 0.2) is 0 Å². The van der Waals surface area contributed by atoms with Crippen LogP contribution in [0.1, 0.15) is 17.9 Å². The number of rotatable bonds is 1. The van der Waals surface area contributed by atoms with Crippen LogP contribution in [0, 0.1) is 0 Å². The molecule has 1 nitrogen and oxygen atoms in total. The molecule has 2 atom stereocenters. The number of hydrogen-bond donors (Lipinski definition) is 1. The monoisotopic (exact) mass is 159 g/mol. The second kappa shape index (κ2) is 3.11. The minimum atomic E-state index is 0.259. The molecule has 12 heavy (non-hydrogen) atoms. The van der Waals surface area contributed by atoms with Crippen LogP contribution in [-0.2, 0) is 0 Å². The minimum Gasteiger partial charge on any atom is -0.324 e. The summed E-state index contributed by atoms with van der Waals surface area (Å²) in [5.74, 6) is 0.543. The Kier molecular flexibility index (Phi) is 1.96. The summed E-state index contributed by atoms with van der Waals surface area (Å²) in [7, 11) is 0. The maximum absolute atomic E-state index is 5.78. The summed E-state index contributed by atoms with van der Waals surface area (Å²) >= 11 is 0. The van der Waals surface area contributed by atoms with Gasteiger partial charge in [-0.1, -0.05) is 42.5 Å². The Hall–Kier alpha value is -1.08. The van der Waals surface area contributed by atoms with Gasteiger partial charge in [0.2, 0.25) is 0 Å². The van der Waals surface area contributed by atoms with Crippen molar-refractivity contribution < 1.29 is 0 Å². The lowest BCUT2D eigenvalue weighted by atomic mass is 9.98. The first-order chi connectivity index (χ1) is 5.86. The normalized spacial score (nSPS) is 27.8. The van der Waals surface area contributed by atoms with Gasteiger partial charge in [-0.3, -0.25) is 0 Å². The van der Waals surface area contributed by atoms with Crippen LogP contribution in [0.25, 0.3) is 0 Å². The van der Waals surface area contributed by atoms with Gasteiger partial charge in [-0.05, 0) is 12.0 Å². The Morgan fingerprint density at radius 3 is 2.42 bits per heavy atom. The standard InChI is InChI=1S/C11H13N/c12-11-7-6-10(8-11)9-4-2-1-3-5-9/h1-7,10-11H,8,12H2/t10-,11-/m0/s1. The van der Waals surface area contributed by atoms with Crippen LogP contribution in [0.5, 0.6) is 0 Å². The maximum Gasteiger partial charge on any atom is 0.0232 e. The van der Waals surface area contributed by atoms with Crippen LogP contribution >= 0.6 is 0 Å². The van der Waals surface area contributed by atoms with E-state index in [0.717, 1.165) is 6.42 Å². The van der Waals surface area contributed by atoms with Gasteiger partial charge in [0.05, 0.1) is 0 Å². The highest BCUT2D eigenvalue weighted by atomic mass is 14.6. The van der Waals surface area contributed by atoms with E-state index < -0.39 is 0 Å². The van der Waals surface area contributed by atoms with Crippen LogP contribution in [0.3, 0.4) is 0 Å². The zero-order chi connectivity index (χ0) is 8.39. The van der Waals surface area contributed by atoms with Crippen molar-refractivity contribution in [1.29, 1.82) is 0 Å². The number of allylic oxidation sites excluding steroid dienone is 1. The fraction of sp³-hybridized carbons (Fsp3) is 0.273. The lowest BCUT2D eigenvalue weighted by Crippen LogP contribution is -2.14. The van der Waals surface area contributed by atoms with Gasteiger partial charge in [-0.25, -0.2) is 0 Å². The molecule has 0 bridgehead atoms. The number of hydrogen-bond acceptors (Lipinski definition) is 1. The fourth-order valence-corrected chi connectivity index (χ4v) is 1.67. The molecule has 0 saturated heterocycles. The van der Waals surface area contributed by atoms with Gasteiger partial charge in [0, 0.05) is 12.0 Å². The first-order valence-corrected chi connectivity index (χ1v) is 4.35. The fourth-order valence-electron chi connectivity index (χ4n) is 1.67. The topological polar surface area (TPSA) is 26.0 Å². The van der Waals surface area contributed by atoms with Gasteiger partial charge >= 0.3 is 0 Å². The van der Waals surface area contributed by atoms with Crippen LogP contribution in [0.15, 0.2) is 42.5 Å². The van der Waals surface area contributed by atoms with Crippen LogP contribution in [0.4, 0.5) is 0 Å². The molecule has 1 heteroatoms. The highest BCUT2D eigenvalue weighted by molar-refractivity contribution is 5.27. The molecule has 1 aromatic carbocycles. The van der Waals surface area contributed by atoms with Crippen LogP contribution in [0.2, 0.25) is 0 Å². The summed E-state index contributed by atoms with van der Waals surface area (Å²) in [6, 6.07) is 10.8. The third-order valence-electron chi connectivity index (χ3n) is 2.34. The molecule has 2 N–H and O–H groups in total. The van der Waals surface area contributed by atoms with E-state index in [1.807, 2.05) is 6.07 Å². The predicted molar refractivity (Wildman–Crippen MR) is 50.9 cm³/mol. The number of nitrogens with two attached hydrogens (primary N) is 1. The van der Waals surface area contributed by atoms with Crippen molar-refractivity contribution in [1.82, 2.24) is 0 Å². The largest absolute Gasteiger partial charge is 0.324 e. The summed E-state index contributed by atoms with van der Waals surface area (Å²) in [6.07, 6.45) is 5.36. The quantitative estimate of drug-likeness (QED) is 0.623. The van der Waals surface area contributed by atoms with E-state index in [2.05, 4.69) is 36.4 Å². The van der Waals surface area contributed by atoms with Gasteiger partial charge in [-0.15, -0.1) is 0 Å². The molecule has 0 fully saturated rings. The van der Waals surface area contributed by atoms with Crippen molar-refractivity contribution in [2.24, 2.45) is 5.73 Å². The molecule has 0 aromatic heterocycles. The Balaban J connectivity index is 2.18. The van der Waals surface area contributed by atoms with Crippen molar-refractivity contribution in [2.75, 3.05) is 0 Å². The number of benzene rings is 1. The molecule has 1 aliphatic rings. The molecule has 2 rings (SSSR count). The summed E-state index contributed by atoms with van der Waals surface area (Å²) in [5, 5.41) is 0. The van der Waals surface area contributed by atoms with E-state index in [0.29, 0.717) is 5.92 Å². The molecule has 62 valence electrons. The molecular formula is C11H13N. The lowest BCUT2D eigenvalue weighted by Gasteiger charge is -2.08. The van der Waals surface area contributed by atoms with Crippen LogP contribution in [-0.4, -0.2) is 6.04 Å². The Morgan fingerprint density at radius 1 is 1.08 bits per heavy atom. The van der Waals surface area contributed by atoms with Crippen LogP contribution < -0.4 is 5.73 Å². The average molecular weight is 159 g/mol. The lowest BCUT2D eigenvalue weighted by molar-refractivity contribution is 0.710. The van der Waals surface area contributed by atoms with Crippen molar-refractivity contribution in [3.8, 4) is 0 Å². The van der Waals surface area contributed by atoms with Gasteiger partial charge in [-0.2, -0.15) is 0 Å². The second-order valence-corrected chi connectivity index (χ2v) is 3.30. The zero-order valence-electron chi connectivity index (χ0n) is 6.98. The Morgan fingerprint density at radius 2 is 1.83 bits per heavy atom. The summed E-state index contributed by atoms with van der Waals surface area (Å²) in [5.41, 5.74) is 7.15. The van der Waals surface area contributed by atoms with Gasteiger partial charge < -0.3 is 5.73 Å². The smallest absolute Gasteiger partial charge is 0.0232 e. The van der Waals surface area contributed by atoms with E-state index in [-0.39, 0.29) is 6.04 Å². The Bertz CT molecular complexity index is 276. The van der Waals surface area contributed by atoms with E-state index >= 15 is 0 Å². The Labute approximate surface area is 72.9 Å². The molecule has 0 radical (unpaired) electrons. The average Bonchev–Trinajstić information content (AvgIpc) is 2.54. The molecule has 1 aliphatic carbocycles. The highest BCUT2D eigenvalue weighted by Gasteiger charge is 2.16. The molecule has 0 heterocycles. The molecule has 0 saturated carbocycles. The molecule has 0 amide bonds. The van der Waals surface area contributed by atoms with Crippen molar-refractivity contribution in [3.63, 3.8) is 0 Å². The minimum absolute atomic E-state index is 0.259. The van der Waals surface area contributed by atoms with Crippen molar-refractivity contribution in [3.05, 3.63) is 48.0 Å². The van der Waals surface area contributed by atoms with Gasteiger partial charge in [0.25, 0.3) is 0 Å². The maximum atomic E-state index is 5.78. The first kappa shape index (κ1) is 7.56. The highest BCUT2D eigenvalue weighted by Crippen LogP contribution is 2.27. The van der Waals surface area contributed by atoms with Crippen molar-refractivity contribution in [2.45, 2.75) is 18.4 Å². The van der Waals surface area contributed by atoms with E-state index in [1.165, 1.54) is 5.56 Å². The summed E-state index contributed by atoms with van der Waals surface area (Å²) in [6.45, 7) is 0. The third kappa shape index (κ3) is 1.41. The SMILES string of the molecule is N[C@H]1C=C[C@H](c2ccccc2)C1. The molecule has 0 unspecified atom stereocenters. The molecule has 0 spiro atoms. The molecule has 0 aliphatic heterocycles. The molecular weight excluding hydrogens is 146 g/mol. The summed E-state index contributed by atoms with van der Waals surface area (Å²) < 4.78 is 0. The predicted octanol–water partition coefficient (Wildman–Crippen LogP) is 2.06. The van der Waals surface area contributed by atoms with E-state index in [9.17, 15) is 0 Å².